The van der Waals surface area contributed by atoms with Crippen molar-refractivity contribution in [3.63, 3.8) is 0 Å². The monoisotopic (exact) mass is 450 g/mol. The van der Waals surface area contributed by atoms with Crippen LogP contribution in [0, 0.1) is 27.7 Å². The van der Waals surface area contributed by atoms with Crippen LogP contribution in [0.25, 0.3) is 5.69 Å². The molecule has 2 aromatic carbocycles. The van der Waals surface area contributed by atoms with Crippen molar-refractivity contribution in [2.75, 3.05) is 0 Å². The van der Waals surface area contributed by atoms with Gasteiger partial charge in [-0.15, -0.1) is 11.3 Å². The fourth-order valence-electron chi connectivity index (χ4n) is 3.37. The third-order valence-electron chi connectivity index (χ3n) is 5.21. The van der Waals surface area contributed by atoms with Gasteiger partial charge in [0.25, 0.3) is 5.91 Å². The first-order chi connectivity index (χ1) is 14.8. The summed E-state index contributed by atoms with van der Waals surface area (Å²) in [6, 6.07) is 17.3. The van der Waals surface area contributed by atoms with Crippen molar-refractivity contribution in [1.82, 2.24) is 20.1 Å². The van der Waals surface area contributed by atoms with E-state index in [9.17, 15) is 4.79 Å². The van der Waals surface area contributed by atoms with Crippen molar-refractivity contribution in [2.45, 2.75) is 33.7 Å². The molecule has 2 aromatic heterocycles. The molecule has 5 nitrogen and oxygen atoms in total. The Bertz CT molecular complexity index is 1210. The summed E-state index contributed by atoms with van der Waals surface area (Å²) in [6.45, 7) is 7.85. The smallest absolute Gasteiger partial charge is 0.257 e. The summed E-state index contributed by atoms with van der Waals surface area (Å²) in [5.74, 6) is -0.277. The number of thiazole rings is 1. The van der Waals surface area contributed by atoms with E-state index in [0.29, 0.717) is 11.3 Å². The van der Waals surface area contributed by atoms with E-state index in [1.165, 1.54) is 0 Å². The molecule has 0 spiro atoms. The number of carbonyl (C=O) groups is 1. The predicted octanol–water partition coefficient (Wildman–Crippen LogP) is 5.74. The highest BCUT2D eigenvalue weighted by Crippen LogP contribution is 2.30. The molecule has 4 rings (SSSR count). The number of halogens is 1. The highest BCUT2D eigenvalue weighted by atomic mass is 35.5. The molecule has 1 N–H and O–H groups in total. The van der Waals surface area contributed by atoms with Crippen LogP contribution in [-0.4, -0.2) is 20.7 Å². The molecule has 0 aliphatic carbocycles. The number of para-hydroxylation sites is 1. The van der Waals surface area contributed by atoms with Gasteiger partial charge < -0.3 is 5.32 Å². The number of hydrogen-bond acceptors (Lipinski definition) is 4. The molecule has 0 aliphatic rings. The molecule has 1 unspecified atom stereocenters. The lowest BCUT2D eigenvalue weighted by Gasteiger charge is -2.17. The largest absolute Gasteiger partial charge is 0.339 e. The van der Waals surface area contributed by atoms with E-state index in [4.69, 9.17) is 16.6 Å². The molecule has 0 saturated heterocycles. The third-order valence-corrected chi connectivity index (χ3v) is 6.70. The molecule has 0 radical (unpaired) electrons. The lowest BCUT2D eigenvalue weighted by atomic mass is 10.0. The van der Waals surface area contributed by atoms with E-state index in [1.54, 1.807) is 22.9 Å². The Labute approximate surface area is 190 Å². The molecular weight excluding hydrogens is 428 g/mol. The minimum atomic E-state index is -0.374. The zero-order chi connectivity index (χ0) is 22.1. The molecule has 2 heterocycles. The van der Waals surface area contributed by atoms with E-state index >= 15 is 0 Å². The maximum absolute atomic E-state index is 13.4. The van der Waals surface area contributed by atoms with Gasteiger partial charge in [0.15, 0.2) is 0 Å². The summed E-state index contributed by atoms with van der Waals surface area (Å²) in [4.78, 5) is 19.2. The molecule has 0 saturated carbocycles. The van der Waals surface area contributed by atoms with Crippen molar-refractivity contribution in [2.24, 2.45) is 0 Å². The van der Waals surface area contributed by atoms with Gasteiger partial charge in [-0.05, 0) is 45.4 Å². The molecule has 4 aromatic rings. The fraction of sp³-hybridized carbons (Fsp3) is 0.208. The number of hydrogen-bond donors (Lipinski definition) is 1. The zero-order valence-electron chi connectivity index (χ0n) is 17.8. The van der Waals surface area contributed by atoms with Crippen LogP contribution < -0.4 is 5.32 Å². The SMILES string of the molecule is Cc1ccc(C(NC(=O)c2c(C)nn(-c3ccccc3)c2Cl)c2nc(C)c(C)s2)cc1. The van der Waals surface area contributed by atoms with Gasteiger partial charge in [0.05, 0.1) is 22.6 Å². The Morgan fingerprint density at radius 2 is 1.68 bits per heavy atom. The predicted molar refractivity (Wildman–Crippen MR) is 125 cm³/mol. The summed E-state index contributed by atoms with van der Waals surface area (Å²) in [7, 11) is 0. The van der Waals surface area contributed by atoms with Crippen molar-refractivity contribution in [3.05, 3.63) is 97.7 Å². The zero-order valence-corrected chi connectivity index (χ0v) is 19.4. The van der Waals surface area contributed by atoms with Crippen molar-refractivity contribution in [3.8, 4) is 5.69 Å². The van der Waals surface area contributed by atoms with Crippen LogP contribution in [0.3, 0.4) is 0 Å². The Morgan fingerprint density at radius 3 is 2.29 bits per heavy atom. The van der Waals surface area contributed by atoms with Crippen LogP contribution in [0.5, 0.6) is 0 Å². The summed E-state index contributed by atoms with van der Waals surface area (Å²) < 4.78 is 1.59. The molecule has 0 fully saturated rings. The Morgan fingerprint density at radius 1 is 1.00 bits per heavy atom. The highest BCUT2D eigenvalue weighted by molar-refractivity contribution is 7.11. The molecule has 158 valence electrons. The van der Waals surface area contributed by atoms with E-state index in [0.717, 1.165) is 32.4 Å². The van der Waals surface area contributed by atoms with E-state index in [2.05, 4.69) is 10.4 Å². The number of carbonyl (C=O) groups excluding carboxylic acids is 1. The first-order valence-electron chi connectivity index (χ1n) is 9.97. The van der Waals surface area contributed by atoms with E-state index in [1.807, 2.05) is 75.4 Å². The minimum Gasteiger partial charge on any atom is -0.339 e. The second-order valence-electron chi connectivity index (χ2n) is 7.51. The van der Waals surface area contributed by atoms with Crippen LogP contribution in [0.15, 0.2) is 54.6 Å². The van der Waals surface area contributed by atoms with Crippen LogP contribution >= 0.6 is 22.9 Å². The van der Waals surface area contributed by atoms with Gasteiger partial charge in [0, 0.05) is 4.88 Å². The number of aromatic nitrogens is 3. The topological polar surface area (TPSA) is 59.8 Å². The maximum Gasteiger partial charge on any atom is 0.257 e. The molecule has 1 atom stereocenters. The Balaban J connectivity index is 1.71. The van der Waals surface area contributed by atoms with Gasteiger partial charge in [-0.3, -0.25) is 4.79 Å². The maximum atomic E-state index is 13.4. The molecule has 31 heavy (non-hydrogen) atoms. The number of amides is 1. The fourth-order valence-corrected chi connectivity index (χ4v) is 4.73. The van der Waals surface area contributed by atoms with Crippen molar-refractivity contribution in [1.29, 1.82) is 0 Å². The molecule has 1 amide bonds. The van der Waals surface area contributed by atoms with Crippen molar-refractivity contribution >= 4 is 28.8 Å². The Hall–Kier alpha value is -2.96. The highest BCUT2D eigenvalue weighted by Gasteiger charge is 2.26. The van der Waals surface area contributed by atoms with Gasteiger partial charge in [-0.2, -0.15) is 5.10 Å². The summed E-state index contributed by atoms with van der Waals surface area (Å²) >= 11 is 8.20. The molecular formula is C24H23ClN4OS. The number of aryl methyl sites for hydroxylation is 4. The van der Waals surface area contributed by atoms with E-state index in [-0.39, 0.29) is 17.1 Å². The summed E-state index contributed by atoms with van der Waals surface area (Å²) in [5.41, 5.74) is 4.83. The third kappa shape index (κ3) is 4.27. The van der Waals surface area contributed by atoms with E-state index < -0.39 is 0 Å². The Kier molecular flexibility index (Phi) is 5.94. The first kappa shape index (κ1) is 21.3. The minimum absolute atomic E-state index is 0.277. The number of nitrogens with zero attached hydrogens (tertiary/aromatic N) is 3. The number of nitrogens with one attached hydrogen (secondary N) is 1. The summed E-state index contributed by atoms with van der Waals surface area (Å²) in [5, 5.41) is 8.77. The van der Waals surface area contributed by atoms with Crippen molar-refractivity contribution < 1.29 is 4.79 Å². The normalized spacial score (nSPS) is 12.0. The van der Waals surface area contributed by atoms with Crippen LogP contribution in [-0.2, 0) is 0 Å². The average Bonchev–Trinajstić information content (AvgIpc) is 3.25. The van der Waals surface area contributed by atoms with Gasteiger partial charge in [-0.25, -0.2) is 9.67 Å². The van der Waals surface area contributed by atoms with Gasteiger partial charge >= 0.3 is 0 Å². The second kappa shape index (κ2) is 8.65. The van der Waals surface area contributed by atoms with Crippen LogP contribution in [0.1, 0.15) is 48.8 Å². The average molecular weight is 451 g/mol. The van der Waals surface area contributed by atoms with Crippen LogP contribution in [0.2, 0.25) is 5.15 Å². The van der Waals surface area contributed by atoms with Gasteiger partial charge in [0.2, 0.25) is 0 Å². The lowest BCUT2D eigenvalue weighted by Crippen LogP contribution is -2.29. The standard InChI is InChI=1S/C24H23ClN4OS/c1-14-10-12-18(13-11-14)21(24-26-15(2)17(4)31-24)27-23(30)20-16(3)28-29(22(20)25)19-8-6-5-7-9-19/h5-13,21H,1-4H3,(H,27,30). The van der Waals surface area contributed by atoms with Gasteiger partial charge in [-0.1, -0.05) is 59.6 Å². The quantitative estimate of drug-likeness (QED) is 0.422. The van der Waals surface area contributed by atoms with Crippen LogP contribution in [0.4, 0.5) is 0 Å². The summed E-state index contributed by atoms with van der Waals surface area (Å²) in [6.07, 6.45) is 0. The second-order valence-corrected chi connectivity index (χ2v) is 9.10. The van der Waals surface area contributed by atoms with Gasteiger partial charge in [0.1, 0.15) is 16.2 Å². The first-order valence-corrected chi connectivity index (χ1v) is 11.2. The number of benzene rings is 2. The molecule has 0 aliphatic heterocycles. The lowest BCUT2D eigenvalue weighted by molar-refractivity contribution is 0.0942. The number of rotatable bonds is 5. The molecule has 7 heteroatoms. The molecule has 0 bridgehead atoms.